The monoisotopic (exact) mass is 442 g/mol. The number of nitrogens with zero attached hydrogens (tertiary/aromatic N) is 3. The van der Waals surface area contributed by atoms with Gasteiger partial charge in [-0.15, -0.1) is 22.7 Å². The number of nitrogens with one attached hydrogen (secondary N) is 1. The summed E-state index contributed by atoms with van der Waals surface area (Å²) in [6.07, 6.45) is 3.96. The molecule has 0 bridgehead atoms. The third-order valence-electron chi connectivity index (χ3n) is 4.83. The number of carbonyl (C=O) groups is 1. The molecule has 0 unspecified atom stereocenters. The molecule has 1 amide bonds. The lowest BCUT2D eigenvalue weighted by atomic mass is 10.1. The zero-order valence-corrected chi connectivity index (χ0v) is 18.1. The molecule has 1 N–H and O–H groups in total. The Bertz CT molecular complexity index is 1270. The topological polar surface area (TPSA) is 76.9 Å². The molecule has 0 spiro atoms. The first-order chi connectivity index (χ1) is 14.4. The quantitative estimate of drug-likeness (QED) is 0.483. The lowest BCUT2D eigenvalue weighted by Gasteiger charge is -2.05. The van der Waals surface area contributed by atoms with Crippen molar-refractivity contribution >= 4 is 43.9 Å². The largest absolute Gasteiger partial charge is 0.302 e. The highest BCUT2D eigenvalue weighted by atomic mass is 32.1. The van der Waals surface area contributed by atoms with Gasteiger partial charge < -0.3 is 5.32 Å². The first-order valence-corrected chi connectivity index (χ1v) is 11.0. The Morgan fingerprint density at radius 2 is 1.93 bits per heavy atom. The summed E-state index contributed by atoms with van der Waals surface area (Å²) in [5.41, 5.74) is 1.80. The number of rotatable bonds is 6. The van der Waals surface area contributed by atoms with Crippen LogP contribution in [0.1, 0.15) is 27.3 Å². The fourth-order valence-corrected chi connectivity index (χ4v) is 4.93. The van der Waals surface area contributed by atoms with E-state index < -0.39 is 0 Å². The number of anilines is 1. The van der Waals surface area contributed by atoms with Crippen LogP contribution in [0.5, 0.6) is 0 Å². The van der Waals surface area contributed by atoms with Gasteiger partial charge in [0.15, 0.2) is 5.13 Å². The number of aromatic nitrogens is 3. The van der Waals surface area contributed by atoms with E-state index >= 15 is 0 Å². The summed E-state index contributed by atoms with van der Waals surface area (Å²) in [5, 5.41) is 3.91. The highest BCUT2D eigenvalue weighted by Crippen LogP contribution is 2.25. The molecule has 4 rings (SSSR count). The van der Waals surface area contributed by atoms with E-state index in [1.54, 1.807) is 18.3 Å². The highest BCUT2D eigenvalue weighted by Gasteiger charge is 2.13. The maximum Gasteiger partial charge on any atom is 0.262 e. The number of hydrogen-bond donors (Lipinski definition) is 1. The van der Waals surface area contributed by atoms with Crippen LogP contribution < -0.4 is 10.9 Å². The van der Waals surface area contributed by atoms with Gasteiger partial charge >= 0.3 is 0 Å². The van der Waals surface area contributed by atoms with Crippen molar-refractivity contribution in [1.29, 1.82) is 0 Å². The van der Waals surface area contributed by atoms with Crippen molar-refractivity contribution in [3.8, 4) is 0 Å². The molecule has 6 nitrogen and oxygen atoms in total. The molecular weight excluding hydrogens is 423 g/mol. The Morgan fingerprint density at radius 1 is 1.17 bits per heavy atom. The number of fused-ring (bicyclic) bond motifs is 1. The summed E-state index contributed by atoms with van der Waals surface area (Å²) in [4.78, 5) is 36.4. The van der Waals surface area contributed by atoms with Gasteiger partial charge in [0.2, 0.25) is 5.91 Å². The van der Waals surface area contributed by atoms with Gasteiger partial charge in [0, 0.05) is 35.3 Å². The highest BCUT2D eigenvalue weighted by molar-refractivity contribution is 7.18. The minimum atomic E-state index is -0.270. The first kappa shape index (κ1) is 20.4. The maximum atomic E-state index is 13.0. The SMILES string of the molecule is Cc1sc2ncn(CCC(=O)Nc3ncc(Cc4ccc(F)cc4)s3)c(=O)c2c1C. The molecule has 0 aliphatic rings. The van der Waals surface area contributed by atoms with Crippen molar-refractivity contribution in [3.63, 3.8) is 0 Å². The van der Waals surface area contributed by atoms with Gasteiger partial charge in [-0.2, -0.15) is 0 Å². The van der Waals surface area contributed by atoms with Gasteiger partial charge in [0.25, 0.3) is 5.56 Å². The van der Waals surface area contributed by atoms with Gasteiger partial charge in [-0.1, -0.05) is 12.1 Å². The van der Waals surface area contributed by atoms with Crippen LogP contribution >= 0.6 is 22.7 Å². The lowest BCUT2D eigenvalue weighted by Crippen LogP contribution is -2.23. The van der Waals surface area contributed by atoms with Crippen LogP contribution in [-0.4, -0.2) is 20.4 Å². The zero-order valence-electron chi connectivity index (χ0n) is 16.4. The molecule has 1 aromatic carbocycles. The first-order valence-electron chi connectivity index (χ1n) is 9.35. The number of thiophene rings is 1. The van der Waals surface area contributed by atoms with Crippen molar-refractivity contribution in [2.24, 2.45) is 0 Å². The fraction of sp³-hybridized carbons (Fsp3) is 0.238. The van der Waals surface area contributed by atoms with Crippen molar-refractivity contribution < 1.29 is 9.18 Å². The number of halogens is 1. The minimum Gasteiger partial charge on any atom is -0.302 e. The minimum absolute atomic E-state index is 0.120. The van der Waals surface area contributed by atoms with Crippen LogP contribution in [0.3, 0.4) is 0 Å². The number of carbonyl (C=O) groups excluding carboxylic acids is 1. The smallest absolute Gasteiger partial charge is 0.262 e. The Hall–Kier alpha value is -2.91. The summed E-state index contributed by atoms with van der Waals surface area (Å²) >= 11 is 2.88. The summed E-state index contributed by atoms with van der Waals surface area (Å²) in [6, 6.07) is 6.30. The number of amides is 1. The Labute approximate surface area is 180 Å². The van der Waals surface area contributed by atoms with E-state index in [9.17, 15) is 14.0 Å². The molecule has 0 aliphatic heterocycles. The molecule has 9 heteroatoms. The molecule has 4 aromatic rings. The van der Waals surface area contributed by atoms with Crippen LogP contribution in [0.4, 0.5) is 9.52 Å². The summed E-state index contributed by atoms with van der Waals surface area (Å²) < 4.78 is 14.5. The van der Waals surface area contributed by atoms with Crippen molar-refractivity contribution in [3.05, 3.63) is 73.8 Å². The molecule has 0 fully saturated rings. The van der Waals surface area contributed by atoms with Gasteiger partial charge in [-0.05, 0) is 37.1 Å². The average molecular weight is 443 g/mol. The molecule has 0 saturated heterocycles. The predicted molar refractivity (Wildman–Crippen MR) is 118 cm³/mol. The van der Waals surface area contributed by atoms with Crippen LogP contribution in [-0.2, 0) is 17.8 Å². The molecule has 3 aromatic heterocycles. The lowest BCUT2D eigenvalue weighted by molar-refractivity contribution is -0.116. The van der Waals surface area contributed by atoms with E-state index in [4.69, 9.17) is 0 Å². The zero-order chi connectivity index (χ0) is 21.3. The van der Waals surface area contributed by atoms with E-state index in [0.29, 0.717) is 16.9 Å². The number of benzene rings is 1. The summed E-state index contributed by atoms with van der Waals surface area (Å²) in [6.45, 7) is 4.13. The van der Waals surface area contributed by atoms with Gasteiger partial charge in [0.05, 0.1) is 11.7 Å². The Balaban J connectivity index is 1.37. The molecule has 0 saturated carbocycles. The second-order valence-corrected chi connectivity index (χ2v) is 9.26. The maximum absolute atomic E-state index is 13.0. The van der Waals surface area contributed by atoms with E-state index in [1.165, 1.54) is 45.7 Å². The second kappa shape index (κ2) is 8.45. The Kier molecular flexibility index (Phi) is 5.74. The van der Waals surface area contributed by atoms with Crippen LogP contribution in [0.15, 0.2) is 41.6 Å². The molecule has 3 heterocycles. The van der Waals surface area contributed by atoms with Crippen molar-refractivity contribution in [2.75, 3.05) is 5.32 Å². The third-order valence-corrected chi connectivity index (χ3v) is 6.86. The van der Waals surface area contributed by atoms with Crippen molar-refractivity contribution in [2.45, 2.75) is 33.2 Å². The molecule has 0 atom stereocenters. The fourth-order valence-electron chi connectivity index (χ4n) is 3.08. The van der Waals surface area contributed by atoms with Crippen molar-refractivity contribution in [1.82, 2.24) is 14.5 Å². The predicted octanol–water partition coefficient (Wildman–Crippen LogP) is 4.29. The Morgan fingerprint density at radius 3 is 2.70 bits per heavy atom. The summed E-state index contributed by atoms with van der Waals surface area (Å²) in [5.74, 6) is -0.489. The van der Waals surface area contributed by atoms with Gasteiger partial charge in [0.1, 0.15) is 10.6 Å². The van der Waals surface area contributed by atoms with Gasteiger partial charge in [-0.25, -0.2) is 14.4 Å². The molecule has 0 aliphatic carbocycles. The van der Waals surface area contributed by atoms with Crippen LogP contribution in [0.25, 0.3) is 10.2 Å². The molecular formula is C21H19FN4O2S2. The standard InChI is InChI=1S/C21H19FN4O2S2/c1-12-13(2)29-19-18(12)20(28)26(11-24-19)8-7-17(27)25-21-23-10-16(30-21)9-14-3-5-15(22)6-4-14/h3-6,10-11H,7-9H2,1-2H3,(H,23,25,27). The molecule has 0 radical (unpaired) electrons. The average Bonchev–Trinajstić information content (AvgIpc) is 3.27. The van der Waals surface area contributed by atoms with E-state index in [0.717, 1.165) is 25.7 Å². The van der Waals surface area contributed by atoms with Gasteiger partial charge in [-0.3, -0.25) is 14.2 Å². The van der Waals surface area contributed by atoms with E-state index in [1.807, 2.05) is 13.8 Å². The normalized spacial score (nSPS) is 11.2. The van der Waals surface area contributed by atoms with Crippen LogP contribution in [0, 0.1) is 19.7 Å². The van der Waals surface area contributed by atoms with E-state index in [-0.39, 0.29) is 30.2 Å². The number of hydrogen-bond acceptors (Lipinski definition) is 6. The summed E-state index contributed by atoms with van der Waals surface area (Å²) in [7, 11) is 0. The van der Waals surface area contributed by atoms with Crippen LogP contribution in [0.2, 0.25) is 0 Å². The second-order valence-electron chi connectivity index (χ2n) is 6.94. The third kappa shape index (κ3) is 4.31. The molecule has 30 heavy (non-hydrogen) atoms. The number of thiazole rings is 1. The molecule has 154 valence electrons. The van der Waals surface area contributed by atoms with E-state index in [2.05, 4.69) is 15.3 Å². The number of aryl methyl sites for hydroxylation is 3.